The fourth-order valence-electron chi connectivity index (χ4n) is 3.98. The number of hydrogen-bond donors (Lipinski definition) is 1. The van der Waals surface area contributed by atoms with Crippen molar-refractivity contribution in [3.05, 3.63) is 42.2 Å². The summed E-state index contributed by atoms with van der Waals surface area (Å²) in [5.41, 5.74) is 0.232. The molecule has 0 aliphatic carbocycles. The SMILES string of the molecule is O=C(Nc1ccccc1F)C1CCCN(c2ccc(N3CCCCC3)nn2)C1. The molecule has 1 unspecified atom stereocenters. The molecule has 1 aromatic carbocycles. The average molecular weight is 383 g/mol. The zero-order valence-electron chi connectivity index (χ0n) is 16.0. The number of benzene rings is 1. The Morgan fingerprint density at radius 1 is 0.929 bits per heavy atom. The van der Waals surface area contributed by atoms with E-state index in [4.69, 9.17) is 0 Å². The Bertz CT molecular complexity index is 807. The van der Waals surface area contributed by atoms with Gasteiger partial charge in [-0.25, -0.2) is 4.39 Å². The minimum atomic E-state index is -0.414. The van der Waals surface area contributed by atoms with Gasteiger partial charge in [-0.3, -0.25) is 4.79 Å². The van der Waals surface area contributed by atoms with Crippen molar-refractivity contribution < 1.29 is 9.18 Å². The van der Waals surface area contributed by atoms with Gasteiger partial charge in [0.1, 0.15) is 5.82 Å². The first-order chi connectivity index (χ1) is 13.7. The Hall–Kier alpha value is -2.70. The summed E-state index contributed by atoms with van der Waals surface area (Å²) in [6.07, 6.45) is 5.37. The highest BCUT2D eigenvalue weighted by molar-refractivity contribution is 5.93. The lowest BCUT2D eigenvalue weighted by molar-refractivity contribution is -0.120. The fraction of sp³-hybridized carbons (Fsp3) is 0.476. The van der Waals surface area contributed by atoms with Crippen molar-refractivity contribution in [2.75, 3.05) is 41.3 Å². The van der Waals surface area contributed by atoms with E-state index in [0.29, 0.717) is 6.54 Å². The van der Waals surface area contributed by atoms with Crippen molar-refractivity contribution in [3.8, 4) is 0 Å². The molecule has 28 heavy (non-hydrogen) atoms. The topological polar surface area (TPSA) is 61.4 Å². The minimum Gasteiger partial charge on any atom is -0.355 e. The summed E-state index contributed by atoms with van der Waals surface area (Å²) in [7, 11) is 0. The number of piperidine rings is 2. The highest BCUT2D eigenvalue weighted by Gasteiger charge is 2.27. The molecule has 2 aliphatic rings. The molecule has 4 rings (SSSR count). The highest BCUT2D eigenvalue weighted by Crippen LogP contribution is 2.25. The van der Waals surface area contributed by atoms with Crippen LogP contribution >= 0.6 is 0 Å². The van der Waals surface area contributed by atoms with E-state index >= 15 is 0 Å². The maximum absolute atomic E-state index is 13.8. The van der Waals surface area contributed by atoms with Gasteiger partial charge in [0.2, 0.25) is 5.91 Å². The van der Waals surface area contributed by atoms with E-state index < -0.39 is 5.82 Å². The molecule has 3 heterocycles. The minimum absolute atomic E-state index is 0.146. The number of carbonyl (C=O) groups is 1. The molecule has 2 saturated heterocycles. The van der Waals surface area contributed by atoms with Gasteiger partial charge < -0.3 is 15.1 Å². The van der Waals surface area contributed by atoms with Crippen LogP contribution in [0.4, 0.5) is 21.7 Å². The second-order valence-electron chi connectivity index (χ2n) is 7.55. The number of amides is 1. The lowest BCUT2D eigenvalue weighted by Crippen LogP contribution is -2.41. The molecule has 6 nitrogen and oxygen atoms in total. The molecule has 1 N–H and O–H groups in total. The van der Waals surface area contributed by atoms with Gasteiger partial charge in [0.15, 0.2) is 11.6 Å². The first-order valence-corrected chi connectivity index (χ1v) is 10.1. The van der Waals surface area contributed by atoms with E-state index in [0.717, 1.165) is 44.1 Å². The van der Waals surface area contributed by atoms with E-state index in [-0.39, 0.29) is 17.5 Å². The Balaban J connectivity index is 1.39. The molecule has 1 aromatic heterocycles. The molecule has 1 amide bonds. The fourth-order valence-corrected chi connectivity index (χ4v) is 3.98. The summed E-state index contributed by atoms with van der Waals surface area (Å²) in [6.45, 7) is 3.49. The van der Waals surface area contributed by atoms with Crippen LogP contribution in [0.1, 0.15) is 32.1 Å². The van der Waals surface area contributed by atoms with Crippen molar-refractivity contribution in [2.24, 2.45) is 5.92 Å². The van der Waals surface area contributed by atoms with Crippen molar-refractivity contribution in [2.45, 2.75) is 32.1 Å². The first kappa shape index (κ1) is 18.7. The molecule has 2 aliphatic heterocycles. The van der Waals surface area contributed by atoms with Crippen LogP contribution in [0.5, 0.6) is 0 Å². The Morgan fingerprint density at radius 2 is 1.61 bits per heavy atom. The zero-order valence-corrected chi connectivity index (χ0v) is 16.0. The number of hydrogen-bond acceptors (Lipinski definition) is 5. The number of aromatic nitrogens is 2. The number of nitrogens with zero attached hydrogens (tertiary/aromatic N) is 4. The summed E-state index contributed by atoms with van der Waals surface area (Å²) < 4.78 is 13.8. The molecule has 2 aromatic rings. The van der Waals surface area contributed by atoms with Gasteiger partial charge in [0, 0.05) is 26.2 Å². The monoisotopic (exact) mass is 383 g/mol. The Kier molecular flexibility index (Phi) is 5.69. The van der Waals surface area contributed by atoms with Crippen LogP contribution in [0, 0.1) is 11.7 Å². The Morgan fingerprint density at radius 3 is 2.32 bits per heavy atom. The van der Waals surface area contributed by atoms with Crippen molar-refractivity contribution in [1.82, 2.24) is 10.2 Å². The van der Waals surface area contributed by atoms with Gasteiger partial charge in [-0.1, -0.05) is 12.1 Å². The van der Waals surface area contributed by atoms with E-state index in [1.807, 2.05) is 12.1 Å². The third-order valence-corrected chi connectivity index (χ3v) is 5.56. The van der Waals surface area contributed by atoms with Crippen LogP contribution in [0.2, 0.25) is 0 Å². The maximum Gasteiger partial charge on any atom is 0.229 e. The summed E-state index contributed by atoms with van der Waals surface area (Å²) in [5, 5.41) is 11.5. The molecule has 0 radical (unpaired) electrons. The van der Waals surface area contributed by atoms with Gasteiger partial charge in [0.25, 0.3) is 0 Å². The van der Waals surface area contributed by atoms with Crippen molar-refractivity contribution in [3.63, 3.8) is 0 Å². The molecule has 2 fully saturated rings. The summed E-state index contributed by atoms with van der Waals surface area (Å²) in [5.74, 6) is 0.964. The summed E-state index contributed by atoms with van der Waals surface area (Å²) >= 11 is 0. The van der Waals surface area contributed by atoms with Crippen molar-refractivity contribution in [1.29, 1.82) is 0 Å². The molecule has 0 saturated carbocycles. The normalized spacial score (nSPS) is 20.1. The maximum atomic E-state index is 13.8. The number of rotatable bonds is 4. The summed E-state index contributed by atoms with van der Waals surface area (Å²) in [6, 6.07) is 10.3. The van der Waals surface area contributed by atoms with Gasteiger partial charge in [-0.05, 0) is 56.4 Å². The number of para-hydroxylation sites is 1. The van der Waals surface area contributed by atoms with Crippen LogP contribution < -0.4 is 15.1 Å². The highest BCUT2D eigenvalue weighted by atomic mass is 19.1. The summed E-state index contributed by atoms with van der Waals surface area (Å²) in [4.78, 5) is 17.0. The van der Waals surface area contributed by atoms with E-state index in [2.05, 4.69) is 25.3 Å². The molecule has 148 valence electrons. The largest absolute Gasteiger partial charge is 0.355 e. The molecule has 1 atom stereocenters. The standard InChI is InChI=1S/C21H26FN5O/c22-17-8-2-3-9-18(17)23-21(28)16-7-6-14-27(15-16)20-11-10-19(24-25-20)26-12-4-1-5-13-26/h2-3,8-11,16H,1,4-7,12-15H2,(H,23,28). The van der Waals surface area contributed by atoms with Gasteiger partial charge in [-0.2, -0.15) is 0 Å². The third kappa shape index (κ3) is 4.24. The number of nitrogens with one attached hydrogen (secondary N) is 1. The van der Waals surface area contributed by atoms with E-state index in [1.54, 1.807) is 18.2 Å². The van der Waals surface area contributed by atoms with Crippen LogP contribution in [0.15, 0.2) is 36.4 Å². The number of carbonyl (C=O) groups excluding carboxylic acids is 1. The van der Waals surface area contributed by atoms with Crippen LogP contribution in [0.25, 0.3) is 0 Å². The predicted octanol–water partition coefficient (Wildman–Crippen LogP) is 3.46. The molecular formula is C21H26FN5O. The quantitative estimate of drug-likeness (QED) is 0.876. The van der Waals surface area contributed by atoms with E-state index in [9.17, 15) is 9.18 Å². The van der Waals surface area contributed by atoms with Crippen LogP contribution in [-0.2, 0) is 4.79 Å². The molecular weight excluding hydrogens is 357 g/mol. The van der Waals surface area contributed by atoms with Crippen molar-refractivity contribution >= 4 is 23.2 Å². The number of halogens is 1. The van der Waals surface area contributed by atoms with Crippen LogP contribution in [-0.4, -0.2) is 42.3 Å². The van der Waals surface area contributed by atoms with Gasteiger partial charge >= 0.3 is 0 Å². The second-order valence-corrected chi connectivity index (χ2v) is 7.55. The second kappa shape index (κ2) is 8.54. The lowest BCUT2D eigenvalue weighted by Gasteiger charge is -2.33. The first-order valence-electron chi connectivity index (χ1n) is 10.1. The smallest absolute Gasteiger partial charge is 0.229 e. The molecule has 7 heteroatoms. The average Bonchev–Trinajstić information content (AvgIpc) is 2.76. The Labute approximate surface area is 164 Å². The predicted molar refractivity (Wildman–Crippen MR) is 108 cm³/mol. The van der Waals surface area contributed by atoms with Gasteiger partial charge in [-0.15, -0.1) is 10.2 Å². The third-order valence-electron chi connectivity index (χ3n) is 5.56. The lowest BCUT2D eigenvalue weighted by atomic mass is 9.97. The van der Waals surface area contributed by atoms with Crippen LogP contribution in [0.3, 0.4) is 0 Å². The molecule has 0 spiro atoms. The number of anilines is 3. The van der Waals surface area contributed by atoms with Gasteiger partial charge in [0.05, 0.1) is 11.6 Å². The van der Waals surface area contributed by atoms with E-state index in [1.165, 1.54) is 25.3 Å². The molecule has 0 bridgehead atoms. The zero-order chi connectivity index (χ0) is 19.3.